The van der Waals surface area contributed by atoms with E-state index in [0.717, 1.165) is 25.9 Å². The van der Waals surface area contributed by atoms with Crippen LogP contribution < -0.4 is 0 Å². The van der Waals surface area contributed by atoms with E-state index in [0.29, 0.717) is 18.3 Å². The normalized spacial score (nSPS) is 26.8. The van der Waals surface area contributed by atoms with Crippen molar-refractivity contribution < 1.29 is 14.3 Å². The summed E-state index contributed by atoms with van der Waals surface area (Å²) in [5.74, 6) is 1.22. The molecule has 2 rings (SSSR count). The SMILES string of the molecule is CO[C@H]1C(=O)N(C(C)C)[C@H]1C1CCN(C(=O)CC(C)C)CC1. The van der Waals surface area contributed by atoms with Crippen LogP contribution in [0.15, 0.2) is 0 Å². The summed E-state index contributed by atoms with van der Waals surface area (Å²) in [6, 6.07) is 0.393. The molecule has 0 aromatic heterocycles. The topological polar surface area (TPSA) is 49.9 Å². The van der Waals surface area contributed by atoms with Gasteiger partial charge < -0.3 is 14.5 Å². The highest BCUT2D eigenvalue weighted by Gasteiger charge is 2.52. The van der Waals surface area contributed by atoms with Crippen LogP contribution in [0.3, 0.4) is 0 Å². The van der Waals surface area contributed by atoms with Crippen LogP contribution in [0.5, 0.6) is 0 Å². The first-order chi connectivity index (χ1) is 10.4. The van der Waals surface area contributed by atoms with Crippen molar-refractivity contribution in [2.75, 3.05) is 20.2 Å². The van der Waals surface area contributed by atoms with Crippen molar-refractivity contribution in [1.29, 1.82) is 0 Å². The van der Waals surface area contributed by atoms with Gasteiger partial charge >= 0.3 is 0 Å². The molecule has 2 saturated heterocycles. The van der Waals surface area contributed by atoms with Crippen LogP contribution in [0.1, 0.15) is 47.0 Å². The highest BCUT2D eigenvalue weighted by atomic mass is 16.5. The molecule has 22 heavy (non-hydrogen) atoms. The first-order valence-electron chi connectivity index (χ1n) is 8.49. The second kappa shape index (κ2) is 6.99. The molecule has 0 spiro atoms. The third-order valence-corrected chi connectivity index (χ3v) is 4.90. The van der Waals surface area contributed by atoms with Crippen LogP contribution in [0, 0.1) is 11.8 Å². The lowest BCUT2D eigenvalue weighted by molar-refractivity contribution is -0.182. The number of methoxy groups -OCH3 is 1. The molecule has 2 aliphatic heterocycles. The Labute approximate surface area is 134 Å². The molecule has 0 unspecified atom stereocenters. The molecule has 2 amide bonds. The van der Waals surface area contributed by atoms with E-state index >= 15 is 0 Å². The van der Waals surface area contributed by atoms with Crippen LogP contribution in [0.25, 0.3) is 0 Å². The second-order valence-electron chi connectivity index (χ2n) is 7.30. The number of nitrogens with zero attached hydrogens (tertiary/aromatic N) is 2. The number of rotatable bonds is 5. The lowest BCUT2D eigenvalue weighted by Gasteiger charge is -2.53. The van der Waals surface area contributed by atoms with Crippen molar-refractivity contribution in [3.8, 4) is 0 Å². The van der Waals surface area contributed by atoms with Crippen molar-refractivity contribution in [2.45, 2.75) is 65.1 Å². The number of likely N-dealkylation sites (tertiary alicyclic amines) is 2. The number of carbonyl (C=O) groups excluding carboxylic acids is 2. The molecule has 0 aliphatic carbocycles. The zero-order chi connectivity index (χ0) is 16.4. The zero-order valence-electron chi connectivity index (χ0n) is 14.5. The highest BCUT2D eigenvalue weighted by molar-refractivity contribution is 5.88. The quantitative estimate of drug-likeness (QED) is 0.729. The summed E-state index contributed by atoms with van der Waals surface area (Å²) in [6.45, 7) is 9.88. The Kier molecular flexibility index (Phi) is 5.48. The molecule has 2 heterocycles. The first-order valence-corrected chi connectivity index (χ1v) is 8.49. The Balaban J connectivity index is 1.93. The van der Waals surface area contributed by atoms with Crippen LogP contribution >= 0.6 is 0 Å². The molecule has 2 atom stereocenters. The fraction of sp³-hybridized carbons (Fsp3) is 0.882. The number of piperidine rings is 1. The Hall–Kier alpha value is -1.10. The lowest BCUT2D eigenvalue weighted by Crippen LogP contribution is -2.70. The Morgan fingerprint density at radius 3 is 2.27 bits per heavy atom. The molecule has 0 aromatic carbocycles. The Bertz CT molecular complexity index is 414. The molecule has 2 aliphatic rings. The largest absolute Gasteiger partial charge is 0.369 e. The van der Waals surface area contributed by atoms with Gasteiger partial charge in [-0.3, -0.25) is 9.59 Å². The number of amides is 2. The monoisotopic (exact) mass is 310 g/mol. The molecule has 0 radical (unpaired) electrons. The lowest BCUT2D eigenvalue weighted by atomic mass is 9.79. The zero-order valence-corrected chi connectivity index (χ0v) is 14.5. The summed E-state index contributed by atoms with van der Waals surface area (Å²) in [5, 5.41) is 0. The molecular weight excluding hydrogens is 280 g/mol. The van der Waals surface area contributed by atoms with Crippen molar-refractivity contribution in [2.24, 2.45) is 11.8 Å². The van der Waals surface area contributed by atoms with E-state index in [1.54, 1.807) is 7.11 Å². The molecule has 0 N–H and O–H groups in total. The van der Waals surface area contributed by atoms with E-state index in [2.05, 4.69) is 27.7 Å². The fourth-order valence-electron chi connectivity index (χ4n) is 3.79. The minimum atomic E-state index is -0.287. The van der Waals surface area contributed by atoms with Gasteiger partial charge in [-0.05, 0) is 38.5 Å². The summed E-state index contributed by atoms with van der Waals surface area (Å²) in [7, 11) is 1.62. The van der Waals surface area contributed by atoms with Gasteiger partial charge in [-0.25, -0.2) is 0 Å². The molecule has 126 valence electrons. The van der Waals surface area contributed by atoms with Gasteiger partial charge in [0, 0.05) is 32.7 Å². The molecule has 0 saturated carbocycles. The average Bonchev–Trinajstić information content (AvgIpc) is 2.44. The summed E-state index contributed by atoms with van der Waals surface area (Å²) < 4.78 is 5.40. The summed E-state index contributed by atoms with van der Waals surface area (Å²) in [6.07, 6.45) is 2.27. The van der Waals surface area contributed by atoms with Gasteiger partial charge in [-0.15, -0.1) is 0 Å². The molecule has 0 bridgehead atoms. The van der Waals surface area contributed by atoms with Gasteiger partial charge in [-0.2, -0.15) is 0 Å². The van der Waals surface area contributed by atoms with E-state index in [1.807, 2.05) is 9.80 Å². The maximum atomic E-state index is 12.2. The van der Waals surface area contributed by atoms with E-state index in [1.165, 1.54) is 0 Å². The minimum Gasteiger partial charge on any atom is -0.369 e. The Morgan fingerprint density at radius 1 is 1.23 bits per heavy atom. The van der Waals surface area contributed by atoms with Crippen LogP contribution in [-0.4, -0.2) is 60.0 Å². The summed E-state index contributed by atoms with van der Waals surface area (Å²) in [4.78, 5) is 28.2. The molecule has 2 fully saturated rings. The standard InChI is InChI=1S/C17H30N2O3/c1-11(2)10-14(20)18-8-6-13(7-9-18)15-16(22-5)17(21)19(15)12(3)4/h11-13,15-16H,6-10H2,1-5H3/t15-,16+/m0/s1. The fourth-order valence-corrected chi connectivity index (χ4v) is 3.79. The van der Waals surface area contributed by atoms with Crippen LogP contribution in [0.2, 0.25) is 0 Å². The van der Waals surface area contributed by atoms with Crippen molar-refractivity contribution in [3.63, 3.8) is 0 Å². The second-order valence-corrected chi connectivity index (χ2v) is 7.30. The molecular formula is C17H30N2O3. The number of hydrogen-bond acceptors (Lipinski definition) is 3. The number of ether oxygens (including phenoxy) is 1. The van der Waals surface area contributed by atoms with E-state index in [4.69, 9.17) is 4.74 Å². The number of β-lactam (4-membered cyclic amide) rings is 1. The minimum absolute atomic E-state index is 0.112. The van der Waals surface area contributed by atoms with Crippen molar-refractivity contribution in [3.05, 3.63) is 0 Å². The maximum absolute atomic E-state index is 12.2. The number of hydrogen-bond donors (Lipinski definition) is 0. The predicted octanol–water partition coefficient (Wildman–Crippen LogP) is 1.91. The smallest absolute Gasteiger partial charge is 0.254 e. The third-order valence-electron chi connectivity index (χ3n) is 4.90. The van der Waals surface area contributed by atoms with Gasteiger partial charge in [0.15, 0.2) is 6.10 Å². The van der Waals surface area contributed by atoms with Gasteiger partial charge in [0.25, 0.3) is 5.91 Å². The van der Waals surface area contributed by atoms with Gasteiger partial charge in [0.05, 0.1) is 6.04 Å². The third kappa shape index (κ3) is 3.29. The predicted molar refractivity (Wildman–Crippen MR) is 85.3 cm³/mol. The number of carbonyl (C=O) groups is 2. The van der Waals surface area contributed by atoms with E-state index in [-0.39, 0.29) is 30.0 Å². The molecule has 5 heteroatoms. The summed E-state index contributed by atoms with van der Waals surface area (Å²) in [5.41, 5.74) is 0. The maximum Gasteiger partial charge on any atom is 0.254 e. The Morgan fingerprint density at radius 2 is 1.82 bits per heavy atom. The van der Waals surface area contributed by atoms with Gasteiger partial charge in [-0.1, -0.05) is 13.8 Å². The van der Waals surface area contributed by atoms with Crippen molar-refractivity contribution >= 4 is 11.8 Å². The van der Waals surface area contributed by atoms with E-state index in [9.17, 15) is 9.59 Å². The van der Waals surface area contributed by atoms with E-state index < -0.39 is 0 Å². The average molecular weight is 310 g/mol. The highest BCUT2D eigenvalue weighted by Crippen LogP contribution is 2.36. The first kappa shape index (κ1) is 17.3. The van der Waals surface area contributed by atoms with Gasteiger partial charge in [0.2, 0.25) is 5.91 Å². The van der Waals surface area contributed by atoms with Crippen LogP contribution in [-0.2, 0) is 14.3 Å². The molecule has 0 aromatic rings. The van der Waals surface area contributed by atoms with Crippen LogP contribution in [0.4, 0.5) is 0 Å². The van der Waals surface area contributed by atoms with Crippen molar-refractivity contribution in [1.82, 2.24) is 9.80 Å². The van der Waals surface area contributed by atoms with Gasteiger partial charge in [0.1, 0.15) is 0 Å². The summed E-state index contributed by atoms with van der Waals surface area (Å²) >= 11 is 0. The molecule has 5 nitrogen and oxygen atoms in total.